The van der Waals surface area contributed by atoms with Crippen LogP contribution in [0.1, 0.15) is 58.8 Å². The average molecular weight is 238 g/mol. The van der Waals surface area contributed by atoms with E-state index in [1.165, 1.54) is 38.5 Å². The van der Waals surface area contributed by atoms with Crippen molar-refractivity contribution in [1.82, 2.24) is 9.78 Å². The van der Waals surface area contributed by atoms with E-state index in [9.17, 15) is 0 Å². The number of aromatic nitrogens is 2. The zero-order valence-corrected chi connectivity index (χ0v) is 11.3. The molecule has 0 saturated carbocycles. The maximum atomic E-state index is 5.63. The molecule has 0 amide bonds. The van der Waals surface area contributed by atoms with Crippen molar-refractivity contribution < 1.29 is 4.74 Å². The van der Waals surface area contributed by atoms with Crippen LogP contribution in [0.15, 0.2) is 12.4 Å². The lowest BCUT2D eigenvalue weighted by Crippen LogP contribution is -1.96. The Bertz CT molecular complexity index is 284. The molecule has 98 valence electrons. The first-order valence-electron chi connectivity index (χ1n) is 7.02. The number of ether oxygens (including phenoxy) is 1. The van der Waals surface area contributed by atoms with Crippen LogP contribution in [0.2, 0.25) is 0 Å². The standard InChI is InChI=1S/C14H26N2O/c1-3-5-6-7-8-9-10-11-17-14-12-15-16(4-2)13-14/h12-13H,3-11H2,1-2H3. The molecule has 0 saturated heterocycles. The van der Waals surface area contributed by atoms with Crippen molar-refractivity contribution in [2.75, 3.05) is 6.61 Å². The lowest BCUT2D eigenvalue weighted by molar-refractivity contribution is 0.304. The summed E-state index contributed by atoms with van der Waals surface area (Å²) in [4.78, 5) is 0. The molecule has 0 aliphatic rings. The van der Waals surface area contributed by atoms with Gasteiger partial charge < -0.3 is 4.74 Å². The minimum Gasteiger partial charge on any atom is -0.490 e. The molecule has 3 heteroatoms. The molecule has 1 rings (SSSR count). The van der Waals surface area contributed by atoms with Gasteiger partial charge in [-0.1, -0.05) is 45.4 Å². The Labute approximate surface area is 105 Å². The molecule has 0 fully saturated rings. The Hall–Kier alpha value is -0.990. The van der Waals surface area contributed by atoms with Crippen LogP contribution in [0.3, 0.4) is 0 Å². The first kappa shape index (κ1) is 14.1. The number of unbranched alkanes of at least 4 members (excludes halogenated alkanes) is 6. The molecule has 0 aliphatic carbocycles. The summed E-state index contributed by atoms with van der Waals surface area (Å²) in [5.41, 5.74) is 0. The molecule has 17 heavy (non-hydrogen) atoms. The van der Waals surface area contributed by atoms with Crippen LogP contribution in [-0.2, 0) is 6.54 Å². The van der Waals surface area contributed by atoms with E-state index in [4.69, 9.17) is 4.74 Å². The van der Waals surface area contributed by atoms with Crippen LogP contribution in [-0.4, -0.2) is 16.4 Å². The van der Waals surface area contributed by atoms with Gasteiger partial charge in [0.1, 0.15) is 0 Å². The van der Waals surface area contributed by atoms with Gasteiger partial charge in [0.05, 0.1) is 19.0 Å². The summed E-state index contributed by atoms with van der Waals surface area (Å²) in [7, 11) is 0. The van der Waals surface area contributed by atoms with E-state index < -0.39 is 0 Å². The molecule has 0 unspecified atom stereocenters. The van der Waals surface area contributed by atoms with Crippen molar-refractivity contribution >= 4 is 0 Å². The normalized spacial score (nSPS) is 10.7. The first-order valence-corrected chi connectivity index (χ1v) is 7.02. The molecule has 1 aromatic rings. The second-order valence-electron chi connectivity index (χ2n) is 4.50. The van der Waals surface area contributed by atoms with Crippen molar-refractivity contribution in [2.24, 2.45) is 0 Å². The lowest BCUT2D eigenvalue weighted by atomic mass is 10.1. The second-order valence-corrected chi connectivity index (χ2v) is 4.50. The first-order chi connectivity index (χ1) is 8.36. The molecule has 1 aromatic heterocycles. The molecular formula is C14H26N2O. The van der Waals surface area contributed by atoms with Gasteiger partial charge in [-0.3, -0.25) is 4.68 Å². The van der Waals surface area contributed by atoms with E-state index >= 15 is 0 Å². The van der Waals surface area contributed by atoms with Crippen molar-refractivity contribution in [1.29, 1.82) is 0 Å². The van der Waals surface area contributed by atoms with E-state index in [1.807, 2.05) is 10.9 Å². The van der Waals surface area contributed by atoms with Crippen molar-refractivity contribution in [3.05, 3.63) is 12.4 Å². The zero-order chi connectivity index (χ0) is 12.3. The maximum Gasteiger partial charge on any atom is 0.157 e. The smallest absolute Gasteiger partial charge is 0.157 e. The quantitative estimate of drug-likeness (QED) is 0.575. The summed E-state index contributed by atoms with van der Waals surface area (Å²) < 4.78 is 7.52. The molecule has 3 nitrogen and oxygen atoms in total. The molecule has 0 atom stereocenters. The Morgan fingerprint density at radius 1 is 1.06 bits per heavy atom. The fourth-order valence-corrected chi connectivity index (χ4v) is 1.84. The van der Waals surface area contributed by atoms with Gasteiger partial charge in [0, 0.05) is 6.54 Å². The van der Waals surface area contributed by atoms with Crippen LogP contribution >= 0.6 is 0 Å². The van der Waals surface area contributed by atoms with E-state index in [1.54, 1.807) is 6.20 Å². The number of hydrogen-bond acceptors (Lipinski definition) is 2. The minimum atomic E-state index is 0.823. The van der Waals surface area contributed by atoms with Crippen LogP contribution < -0.4 is 4.74 Å². The average Bonchev–Trinajstić information content (AvgIpc) is 2.80. The largest absolute Gasteiger partial charge is 0.490 e. The zero-order valence-electron chi connectivity index (χ0n) is 11.3. The van der Waals surface area contributed by atoms with E-state index in [-0.39, 0.29) is 0 Å². The number of hydrogen-bond donors (Lipinski definition) is 0. The molecule has 0 aromatic carbocycles. The van der Waals surface area contributed by atoms with Gasteiger partial charge >= 0.3 is 0 Å². The monoisotopic (exact) mass is 238 g/mol. The van der Waals surface area contributed by atoms with Crippen LogP contribution in [0.25, 0.3) is 0 Å². The SMILES string of the molecule is CCCCCCCCCOc1cnn(CC)c1. The predicted molar refractivity (Wildman–Crippen MR) is 71.4 cm³/mol. The van der Waals surface area contributed by atoms with Crippen LogP contribution in [0, 0.1) is 0 Å². The molecule has 0 N–H and O–H groups in total. The molecular weight excluding hydrogens is 212 g/mol. The molecule has 0 bridgehead atoms. The fourth-order valence-electron chi connectivity index (χ4n) is 1.84. The second kappa shape index (κ2) is 9.08. The number of nitrogens with zero attached hydrogens (tertiary/aromatic N) is 2. The van der Waals surface area contributed by atoms with E-state index in [0.29, 0.717) is 0 Å². The highest BCUT2D eigenvalue weighted by molar-refractivity contribution is 5.11. The lowest BCUT2D eigenvalue weighted by Gasteiger charge is -2.03. The van der Waals surface area contributed by atoms with Gasteiger partial charge in [-0.2, -0.15) is 5.10 Å². The summed E-state index contributed by atoms with van der Waals surface area (Å²) in [5.74, 6) is 0.901. The maximum absolute atomic E-state index is 5.63. The summed E-state index contributed by atoms with van der Waals surface area (Å²) in [6.45, 7) is 6.06. The number of aryl methyl sites for hydroxylation is 1. The summed E-state index contributed by atoms with van der Waals surface area (Å²) in [6, 6.07) is 0. The van der Waals surface area contributed by atoms with Gasteiger partial charge in [-0.05, 0) is 13.3 Å². The van der Waals surface area contributed by atoms with Gasteiger partial charge in [0.25, 0.3) is 0 Å². The van der Waals surface area contributed by atoms with E-state index in [2.05, 4.69) is 18.9 Å². The van der Waals surface area contributed by atoms with Crippen molar-refractivity contribution in [3.8, 4) is 5.75 Å². The summed E-state index contributed by atoms with van der Waals surface area (Å²) in [5, 5.41) is 4.18. The van der Waals surface area contributed by atoms with Gasteiger partial charge in [0.15, 0.2) is 5.75 Å². The topological polar surface area (TPSA) is 27.1 Å². The molecule has 1 heterocycles. The Kier molecular flexibility index (Phi) is 7.52. The number of rotatable bonds is 10. The van der Waals surface area contributed by atoms with Gasteiger partial charge in [-0.15, -0.1) is 0 Å². The van der Waals surface area contributed by atoms with Crippen molar-refractivity contribution in [2.45, 2.75) is 65.3 Å². The highest BCUT2D eigenvalue weighted by Gasteiger charge is 1.97. The third-order valence-corrected chi connectivity index (χ3v) is 2.95. The summed E-state index contributed by atoms with van der Waals surface area (Å²) >= 11 is 0. The Morgan fingerprint density at radius 3 is 2.41 bits per heavy atom. The Balaban J connectivity index is 1.93. The minimum absolute atomic E-state index is 0.823. The Morgan fingerprint density at radius 2 is 1.76 bits per heavy atom. The highest BCUT2D eigenvalue weighted by Crippen LogP contribution is 2.10. The molecule has 0 radical (unpaired) electrons. The van der Waals surface area contributed by atoms with Gasteiger partial charge in [-0.25, -0.2) is 0 Å². The van der Waals surface area contributed by atoms with Crippen molar-refractivity contribution in [3.63, 3.8) is 0 Å². The summed E-state index contributed by atoms with van der Waals surface area (Å²) in [6.07, 6.45) is 13.0. The fraction of sp³-hybridized carbons (Fsp3) is 0.786. The molecule has 0 aliphatic heterocycles. The third kappa shape index (κ3) is 6.35. The van der Waals surface area contributed by atoms with Crippen LogP contribution in [0.5, 0.6) is 5.75 Å². The van der Waals surface area contributed by atoms with Gasteiger partial charge in [0.2, 0.25) is 0 Å². The highest BCUT2D eigenvalue weighted by atomic mass is 16.5. The van der Waals surface area contributed by atoms with E-state index in [0.717, 1.165) is 25.3 Å². The molecule has 0 spiro atoms. The van der Waals surface area contributed by atoms with Crippen LogP contribution in [0.4, 0.5) is 0 Å². The predicted octanol–water partition coefficient (Wildman–Crippen LogP) is 4.03. The third-order valence-electron chi connectivity index (χ3n) is 2.95.